The number of hydrogen-bond donors (Lipinski definition) is 1. The maximum atomic E-state index is 5.70. The Morgan fingerprint density at radius 1 is 1.33 bits per heavy atom. The fraction of sp³-hybridized carbons (Fsp3) is 0.357. The highest BCUT2D eigenvalue weighted by atomic mass is 79.9. The molecule has 1 aromatic carbocycles. The zero-order valence-corrected chi connectivity index (χ0v) is 12.0. The summed E-state index contributed by atoms with van der Waals surface area (Å²) >= 11 is 3.62. The van der Waals surface area contributed by atoms with Crippen LogP contribution in [0.5, 0.6) is 0 Å². The third-order valence-corrected chi connectivity index (χ3v) is 4.45. The fourth-order valence-corrected chi connectivity index (χ4v) is 3.44. The van der Waals surface area contributed by atoms with E-state index in [2.05, 4.69) is 39.2 Å². The second-order valence-corrected chi connectivity index (χ2v) is 5.57. The van der Waals surface area contributed by atoms with Crippen LogP contribution in [0.1, 0.15) is 23.2 Å². The van der Waals surface area contributed by atoms with Crippen molar-refractivity contribution in [3.05, 3.63) is 39.5 Å². The van der Waals surface area contributed by atoms with Gasteiger partial charge in [0, 0.05) is 19.2 Å². The van der Waals surface area contributed by atoms with Gasteiger partial charge >= 0.3 is 0 Å². The van der Waals surface area contributed by atoms with Crippen LogP contribution in [0.2, 0.25) is 0 Å². The Balaban J connectivity index is 2.12. The number of hydrogen-bond acceptors (Lipinski definition) is 2. The van der Waals surface area contributed by atoms with E-state index in [1.807, 2.05) is 11.7 Å². The van der Waals surface area contributed by atoms with E-state index in [-0.39, 0.29) is 0 Å². The summed E-state index contributed by atoms with van der Waals surface area (Å²) in [5, 5.41) is 4.44. The summed E-state index contributed by atoms with van der Waals surface area (Å²) in [4.78, 5) is 0. The molecule has 0 atom stereocenters. The third-order valence-electron chi connectivity index (χ3n) is 3.62. The van der Waals surface area contributed by atoms with Gasteiger partial charge < -0.3 is 5.73 Å². The Kier molecular flexibility index (Phi) is 2.99. The van der Waals surface area contributed by atoms with E-state index in [1.165, 1.54) is 36.0 Å². The number of rotatable bonds is 2. The Bertz CT molecular complexity index is 601. The fourth-order valence-electron chi connectivity index (χ4n) is 2.72. The van der Waals surface area contributed by atoms with Gasteiger partial charge in [-0.1, -0.05) is 12.1 Å². The standard InChI is InChI=1S/C14H16BrN3/c1-18-14(13(15)12(8-16)17-18)11-6-5-9-3-2-4-10(9)7-11/h5-7H,2-4,8,16H2,1H3. The molecular formula is C14H16BrN3. The lowest BCUT2D eigenvalue weighted by Gasteiger charge is -2.06. The van der Waals surface area contributed by atoms with E-state index in [4.69, 9.17) is 5.73 Å². The van der Waals surface area contributed by atoms with Crippen LogP contribution in [0, 0.1) is 0 Å². The van der Waals surface area contributed by atoms with Crippen molar-refractivity contribution in [3.8, 4) is 11.3 Å². The van der Waals surface area contributed by atoms with Gasteiger partial charge in [-0.25, -0.2) is 0 Å². The predicted octanol–water partition coefficient (Wildman–Crippen LogP) is 2.80. The first kappa shape index (κ1) is 11.9. The Morgan fingerprint density at radius 3 is 2.83 bits per heavy atom. The van der Waals surface area contributed by atoms with E-state index in [9.17, 15) is 0 Å². The Morgan fingerprint density at radius 2 is 2.11 bits per heavy atom. The number of aromatic nitrogens is 2. The van der Waals surface area contributed by atoms with E-state index < -0.39 is 0 Å². The number of nitrogens with two attached hydrogens (primary N) is 1. The molecule has 0 unspecified atom stereocenters. The van der Waals surface area contributed by atoms with E-state index >= 15 is 0 Å². The number of benzene rings is 1. The van der Waals surface area contributed by atoms with Gasteiger partial charge in [-0.05, 0) is 52.4 Å². The molecule has 18 heavy (non-hydrogen) atoms. The molecule has 0 saturated heterocycles. The van der Waals surface area contributed by atoms with E-state index in [0.717, 1.165) is 15.9 Å². The van der Waals surface area contributed by atoms with Gasteiger partial charge in [0.15, 0.2) is 0 Å². The minimum absolute atomic E-state index is 0.458. The Hall–Kier alpha value is -1.13. The minimum Gasteiger partial charge on any atom is -0.325 e. The second-order valence-electron chi connectivity index (χ2n) is 4.77. The summed E-state index contributed by atoms with van der Waals surface area (Å²) in [5.74, 6) is 0. The SMILES string of the molecule is Cn1nc(CN)c(Br)c1-c1ccc2c(c1)CCC2. The molecule has 3 nitrogen and oxygen atoms in total. The normalized spacial score (nSPS) is 13.9. The average Bonchev–Trinajstić information content (AvgIpc) is 2.93. The molecule has 1 aliphatic carbocycles. The van der Waals surface area contributed by atoms with Crippen LogP contribution in [-0.4, -0.2) is 9.78 Å². The molecule has 2 N–H and O–H groups in total. The maximum absolute atomic E-state index is 5.70. The van der Waals surface area contributed by atoms with Gasteiger partial charge in [0.05, 0.1) is 15.9 Å². The molecule has 1 aromatic heterocycles. The smallest absolute Gasteiger partial charge is 0.0908 e. The Labute approximate surface area is 115 Å². The van der Waals surface area contributed by atoms with Gasteiger partial charge in [0.2, 0.25) is 0 Å². The van der Waals surface area contributed by atoms with Gasteiger partial charge in [0.1, 0.15) is 0 Å². The average molecular weight is 306 g/mol. The van der Waals surface area contributed by atoms with Crippen LogP contribution in [0.3, 0.4) is 0 Å². The van der Waals surface area contributed by atoms with Crippen molar-refractivity contribution < 1.29 is 0 Å². The lowest BCUT2D eigenvalue weighted by molar-refractivity contribution is 0.749. The third kappa shape index (κ3) is 1.80. The first-order valence-electron chi connectivity index (χ1n) is 6.24. The van der Waals surface area contributed by atoms with Crippen molar-refractivity contribution in [2.45, 2.75) is 25.8 Å². The molecule has 0 fully saturated rings. The van der Waals surface area contributed by atoms with Gasteiger partial charge in [-0.15, -0.1) is 0 Å². The molecule has 0 bridgehead atoms. The summed E-state index contributed by atoms with van der Waals surface area (Å²) < 4.78 is 2.92. The first-order chi connectivity index (χ1) is 8.70. The van der Waals surface area contributed by atoms with Gasteiger partial charge in [0.25, 0.3) is 0 Å². The molecule has 0 amide bonds. The second kappa shape index (κ2) is 4.52. The molecule has 0 aliphatic heterocycles. The monoisotopic (exact) mass is 305 g/mol. The van der Waals surface area contributed by atoms with Crippen molar-refractivity contribution in [2.75, 3.05) is 0 Å². The van der Waals surface area contributed by atoms with E-state index in [1.54, 1.807) is 0 Å². The molecule has 1 aliphatic rings. The van der Waals surface area contributed by atoms with Crippen LogP contribution < -0.4 is 5.73 Å². The highest BCUT2D eigenvalue weighted by Crippen LogP contribution is 2.33. The van der Waals surface area contributed by atoms with Crippen LogP contribution >= 0.6 is 15.9 Å². The van der Waals surface area contributed by atoms with E-state index in [0.29, 0.717) is 6.54 Å². The largest absolute Gasteiger partial charge is 0.325 e. The minimum atomic E-state index is 0.458. The lowest BCUT2D eigenvalue weighted by atomic mass is 10.0. The van der Waals surface area contributed by atoms with Crippen LogP contribution in [0.15, 0.2) is 22.7 Å². The molecule has 0 spiro atoms. The highest BCUT2D eigenvalue weighted by molar-refractivity contribution is 9.10. The maximum Gasteiger partial charge on any atom is 0.0908 e. The topological polar surface area (TPSA) is 43.8 Å². The molecule has 94 valence electrons. The number of halogens is 1. The van der Waals surface area contributed by atoms with Crippen molar-refractivity contribution in [1.29, 1.82) is 0 Å². The zero-order valence-electron chi connectivity index (χ0n) is 10.4. The highest BCUT2D eigenvalue weighted by Gasteiger charge is 2.17. The quantitative estimate of drug-likeness (QED) is 0.927. The van der Waals surface area contributed by atoms with Crippen molar-refractivity contribution in [1.82, 2.24) is 9.78 Å². The van der Waals surface area contributed by atoms with Crippen molar-refractivity contribution in [3.63, 3.8) is 0 Å². The van der Waals surface area contributed by atoms with Gasteiger partial charge in [-0.3, -0.25) is 4.68 Å². The molecule has 4 heteroatoms. The molecular weight excluding hydrogens is 290 g/mol. The first-order valence-corrected chi connectivity index (χ1v) is 7.03. The summed E-state index contributed by atoms with van der Waals surface area (Å²) in [6, 6.07) is 6.73. The summed E-state index contributed by atoms with van der Waals surface area (Å²) in [5.41, 5.74) is 11.9. The van der Waals surface area contributed by atoms with Crippen LogP contribution in [0.4, 0.5) is 0 Å². The molecule has 3 rings (SSSR count). The van der Waals surface area contributed by atoms with Gasteiger partial charge in [-0.2, -0.15) is 5.10 Å². The number of nitrogens with zero attached hydrogens (tertiary/aromatic N) is 2. The summed E-state index contributed by atoms with van der Waals surface area (Å²) in [6.07, 6.45) is 3.69. The summed E-state index contributed by atoms with van der Waals surface area (Å²) in [6.45, 7) is 0.458. The zero-order chi connectivity index (χ0) is 12.7. The molecule has 2 aromatic rings. The van der Waals surface area contributed by atoms with Crippen LogP contribution in [-0.2, 0) is 26.4 Å². The van der Waals surface area contributed by atoms with Crippen molar-refractivity contribution in [2.24, 2.45) is 12.8 Å². The molecule has 0 saturated carbocycles. The predicted molar refractivity (Wildman–Crippen MR) is 76.3 cm³/mol. The molecule has 0 radical (unpaired) electrons. The van der Waals surface area contributed by atoms with Crippen molar-refractivity contribution >= 4 is 15.9 Å². The van der Waals surface area contributed by atoms with Crippen LogP contribution in [0.25, 0.3) is 11.3 Å². The number of fused-ring (bicyclic) bond motifs is 1. The molecule has 1 heterocycles. The lowest BCUT2D eigenvalue weighted by Crippen LogP contribution is -1.99. The number of aryl methyl sites for hydroxylation is 3. The summed E-state index contributed by atoms with van der Waals surface area (Å²) in [7, 11) is 1.96.